The Labute approximate surface area is 226 Å². The first-order chi connectivity index (χ1) is 17.8. The minimum Gasteiger partial charge on any atom is -0.317 e. The Morgan fingerprint density at radius 1 is 1.11 bits per heavy atom. The second kappa shape index (κ2) is 11.0. The predicted octanol–water partition coefficient (Wildman–Crippen LogP) is 6.29. The van der Waals surface area contributed by atoms with Gasteiger partial charge in [0.25, 0.3) is 0 Å². The highest BCUT2D eigenvalue weighted by Crippen LogP contribution is 2.45. The maximum Gasteiger partial charge on any atom is 0.225 e. The summed E-state index contributed by atoms with van der Waals surface area (Å²) in [6, 6.07) is 15.0. The molecular weight excluding hydrogens is 523 g/mol. The molecule has 0 saturated heterocycles. The summed E-state index contributed by atoms with van der Waals surface area (Å²) in [5.41, 5.74) is 4.30. The van der Waals surface area contributed by atoms with Crippen LogP contribution in [0.3, 0.4) is 0 Å². The standard InChI is InChI=1S/C28H31N3O3S3/c1-3-15-31-16-14-21-24(18-31)36-28(26(21)27-29-22-7-4-5-8-23(22)35-27)30-25(32)9-6-17-37(33,34)20-12-10-19(2)11-13-20/h4-5,7-8,10-13H,3,6,9,14-18H2,1-2H3,(H,30,32). The van der Waals surface area contributed by atoms with Gasteiger partial charge in [-0.2, -0.15) is 0 Å². The molecule has 3 heterocycles. The summed E-state index contributed by atoms with van der Waals surface area (Å²) in [7, 11) is -3.42. The minimum absolute atomic E-state index is 0.0544. The number of aromatic nitrogens is 1. The molecule has 9 heteroatoms. The molecule has 0 bridgehead atoms. The number of anilines is 1. The van der Waals surface area contributed by atoms with E-state index >= 15 is 0 Å². The Morgan fingerprint density at radius 2 is 1.89 bits per heavy atom. The van der Waals surface area contributed by atoms with Crippen LogP contribution in [0.1, 0.15) is 42.2 Å². The number of nitrogens with zero attached hydrogens (tertiary/aromatic N) is 2. The number of sulfone groups is 1. The van der Waals surface area contributed by atoms with Crippen LogP contribution in [-0.4, -0.2) is 43.1 Å². The van der Waals surface area contributed by atoms with Crippen molar-refractivity contribution in [3.63, 3.8) is 0 Å². The maximum atomic E-state index is 13.0. The molecule has 2 aromatic heterocycles. The maximum absolute atomic E-state index is 13.0. The summed E-state index contributed by atoms with van der Waals surface area (Å²) >= 11 is 3.29. The number of aryl methyl sites for hydroxylation is 1. The first-order valence-electron chi connectivity index (χ1n) is 12.7. The summed E-state index contributed by atoms with van der Waals surface area (Å²) in [6.07, 6.45) is 2.46. The molecule has 0 fully saturated rings. The zero-order chi connectivity index (χ0) is 26.0. The van der Waals surface area contributed by atoms with Crippen molar-refractivity contribution in [1.29, 1.82) is 0 Å². The van der Waals surface area contributed by atoms with Crippen molar-refractivity contribution < 1.29 is 13.2 Å². The molecule has 0 saturated carbocycles. The molecular formula is C28H31N3O3S3. The lowest BCUT2D eigenvalue weighted by molar-refractivity contribution is -0.116. The molecule has 37 heavy (non-hydrogen) atoms. The predicted molar refractivity (Wildman–Crippen MR) is 153 cm³/mol. The van der Waals surface area contributed by atoms with Crippen LogP contribution in [0.25, 0.3) is 20.8 Å². The molecule has 2 aromatic carbocycles. The fourth-order valence-electron chi connectivity index (χ4n) is 4.73. The van der Waals surface area contributed by atoms with E-state index in [1.165, 1.54) is 10.4 Å². The van der Waals surface area contributed by atoms with E-state index in [1.54, 1.807) is 46.9 Å². The van der Waals surface area contributed by atoms with Gasteiger partial charge in [0.15, 0.2) is 9.84 Å². The van der Waals surface area contributed by atoms with Crippen LogP contribution in [0.2, 0.25) is 0 Å². The van der Waals surface area contributed by atoms with E-state index < -0.39 is 9.84 Å². The van der Waals surface area contributed by atoms with Crippen LogP contribution in [0.15, 0.2) is 53.4 Å². The average Bonchev–Trinajstić information content (AvgIpc) is 3.44. The fraction of sp³-hybridized carbons (Fsp3) is 0.357. The first kappa shape index (κ1) is 26.0. The van der Waals surface area contributed by atoms with Crippen molar-refractivity contribution in [2.24, 2.45) is 0 Å². The molecule has 0 unspecified atom stereocenters. The summed E-state index contributed by atoms with van der Waals surface area (Å²) in [4.78, 5) is 21.9. The number of amides is 1. The van der Waals surface area contributed by atoms with Gasteiger partial charge in [-0.1, -0.05) is 36.8 Å². The summed E-state index contributed by atoms with van der Waals surface area (Å²) in [5.74, 6) is -0.216. The molecule has 1 N–H and O–H groups in total. The van der Waals surface area contributed by atoms with Crippen LogP contribution < -0.4 is 5.32 Å². The smallest absolute Gasteiger partial charge is 0.225 e. The molecule has 0 spiro atoms. The summed E-state index contributed by atoms with van der Waals surface area (Å²) in [5, 5.41) is 4.88. The molecule has 1 aliphatic rings. The number of hydrogen-bond acceptors (Lipinski definition) is 7. The molecule has 1 amide bonds. The van der Waals surface area contributed by atoms with Gasteiger partial charge >= 0.3 is 0 Å². The second-order valence-corrected chi connectivity index (χ2v) is 13.7. The van der Waals surface area contributed by atoms with Gasteiger partial charge in [0.05, 0.1) is 20.9 Å². The first-order valence-corrected chi connectivity index (χ1v) is 15.9. The van der Waals surface area contributed by atoms with E-state index in [9.17, 15) is 13.2 Å². The van der Waals surface area contributed by atoms with Gasteiger partial charge in [0.2, 0.25) is 5.91 Å². The van der Waals surface area contributed by atoms with Gasteiger partial charge in [-0.15, -0.1) is 22.7 Å². The Kier molecular flexibility index (Phi) is 7.76. The third-order valence-corrected chi connectivity index (χ3v) is 10.6. The number of para-hydroxylation sites is 1. The van der Waals surface area contributed by atoms with E-state index in [1.807, 2.05) is 25.1 Å². The van der Waals surface area contributed by atoms with Gasteiger partial charge in [0.1, 0.15) is 10.0 Å². The number of hydrogen-bond donors (Lipinski definition) is 1. The lowest BCUT2D eigenvalue weighted by atomic mass is 10.0. The zero-order valence-electron chi connectivity index (χ0n) is 21.1. The number of carbonyl (C=O) groups excluding carboxylic acids is 1. The number of carbonyl (C=O) groups is 1. The van der Waals surface area contributed by atoms with Gasteiger partial charge in [0, 0.05) is 30.0 Å². The SMILES string of the molecule is CCCN1CCc2c(sc(NC(=O)CCCS(=O)(=O)c3ccc(C)cc3)c2-c2nc3ccccc3s2)C1. The topological polar surface area (TPSA) is 79.4 Å². The normalized spacial score (nSPS) is 14.1. The highest BCUT2D eigenvalue weighted by molar-refractivity contribution is 7.91. The van der Waals surface area contributed by atoms with E-state index in [4.69, 9.17) is 4.98 Å². The lowest BCUT2D eigenvalue weighted by Gasteiger charge is -2.26. The number of benzene rings is 2. The molecule has 0 radical (unpaired) electrons. The van der Waals surface area contributed by atoms with Gasteiger partial charge in [-0.3, -0.25) is 9.69 Å². The third-order valence-electron chi connectivity index (χ3n) is 6.63. The van der Waals surface area contributed by atoms with Crippen LogP contribution in [0, 0.1) is 6.92 Å². The van der Waals surface area contributed by atoms with Crippen molar-refractivity contribution in [2.45, 2.75) is 51.0 Å². The van der Waals surface area contributed by atoms with Crippen molar-refractivity contribution >= 4 is 53.6 Å². The number of fused-ring (bicyclic) bond motifs is 2. The number of thiophene rings is 1. The molecule has 1 aliphatic heterocycles. The number of thiazole rings is 1. The Bertz CT molecular complexity index is 1490. The lowest BCUT2D eigenvalue weighted by Crippen LogP contribution is -2.30. The van der Waals surface area contributed by atoms with Gasteiger partial charge in [-0.05, 0) is 62.6 Å². The van der Waals surface area contributed by atoms with Crippen molar-refractivity contribution in [3.05, 3.63) is 64.5 Å². The molecule has 6 nitrogen and oxygen atoms in total. The molecule has 0 atom stereocenters. The molecule has 5 rings (SSSR count). The Hall–Kier alpha value is -2.59. The molecule has 0 aliphatic carbocycles. The quantitative estimate of drug-likeness (QED) is 0.263. The van der Waals surface area contributed by atoms with E-state index in [0.29, 0.717) is 4.90 Å². The van der Waals surface area contributed by atoms with Crippen molar-refractivity contribution in [2.75, 3.05) is 24.2 Å². The van der Waals surface area contributed by atoms with Crippen LogP contribution in [0.4, 0.5) is 5.00 Å². The van der Waals surface area contributed by atoms with Crippen LogP contribution in [0.5, 0.6) is 0 Å². The average molecular weight is 554 g/mol. The molecule has 4 aromatic rings. The van der Waals surface area contributed by atoms with Crippen LogP contribution >= 0.6 is 22.7 Å². The largest absolute Gasteiger partial charge is 0.317 e. The van der Waals surface area contributed by atoms with Gasteiger partial charge < -0.3 is 5.32 Å². The molecule has 194 valence electrons. The van der Waals surface area contributed by atoms with Crippen LogP contribution in [-0.2, 0) is 27.6 Å². The zero-order valence-corrected chi connectivity index (χ0v) is 23.6. The monoisotopic (exact) mass is 553 g/mol. The highest BCUT2D eigenvalue weighted by atomic mass is 32.2. The highest BCUT2D eigenvalue weighted by Gasteiger charge is 2.27. The summed E-state index contributed by atoms with van der Waals surface area (Å²) < 4.78 is 26.5. The fourth-order valence-corrected chi connectivity index (χ4v) is 8.46. The Morgan fingerprint density at radius 3 is 2.65 bits per heavy atom. The number of nitrogens with one attached hydrogen (secondary N) is 1. The van der Waals surface area contributed by atoms with E-state index in [0.717, 1.165) is 63.8 Å². The summed E-state index contributed by atoms with van der Waals surface area (Å²) in [6.45, 7) is 7.06. The van der Waals surface area contributed by atoms with Gasteiger partial charge in [-0.25, -0.2) is 13.4 Å². The van der Waals surface area contributed by atoms with E-state index in [2.05, 4.69) is 23.2 Å². The third kappa shape index (κ3) is 5.80. The minimum atomic E-state index is -3.42. The van der Waals surface area contributed by atoms with Crippen molar-refractivity contribution in [1.82, 2.24) is 9.88 Å². The van der Waals surface area contributed by atoms with E-state index in [-0.39, 0.29) is 24.5 Å². The Balaban J connectivity index is 1.34. The second-order valence-electron chi connectivity index (χ2n) is 9.50. The van der Waals surface area contributed by atoms with Crippen molar-refractivity contribution in [3.8, 4) is 10.6 Å². The number of rotatable bonds is 9.